The Morgan fingerprint density at radius 1 is 1.41 bits per heavy atom. The molecule has 1 fully saturated rings. The standard InChI is InChI=1S/C23H30BrN3O2/c1-4-6-12-22(24)23(29-16-5-2)26-19(3)25-20-10-7-11-21(18-20)28-17-9-15-27-13-8-14-27/h2,6-7,10-12,18H,4,8-9,13-17H2,1,3H3,(H,25,26)/b12-6+,23-22-. The minimum atomic E-state index is 0.155. The molecule has 1 heterocycles. The van der Waals surface area contributed by atoms with E-state index in [1.807, 2.05) is 43.3 Å². The second kappa shape index (κ2) is 13.1. The highest BCUT2D eigenvalue weighted by Gasteiger charge is 2.12. The number of terminal acetylenes is 1. The zero-order valence-corrected chi connectivity index (χ0v) is 18.9. The lowest BCUT2D eigenvalue weighted by atomic mass is 10.2. The van der Waals surface area contributed by atoms with E-state index in [4.69, 9.17) is 15.9 Å². The Bertz CT molecular complexity index is 777. The van der Waals surface area contributed by atoms with E-state index < -0.39 is 0 Å². The van der Waals surface area contributed by atoms with E-state index >= 15 is 0 Å². The first kappa shape index (κ1) is 23.1. The van der Waals surface area contributed by atoms with Crippen LogP contribution in [0.25, 0.3) is 0 Å². The number of hydrogen-bond acceptors (Lipinski definition) is 4. The Kier molecular flexibility index (Phi) is 10.4. The molecule has 0 saturated carbocycles. The van der Waals surface area contributed by atoms with Crippen molar-refractivity contribution in [2.24, 2.45) is 4.99 Å². The third kappa shape index (κ3) is 8.76. The molecule has 1 aliphatic heterocycles. The number of rotatable bonds is 11. The molecule has 0 atom stereocenters. The minimum absolute atomic E-state index is 0.155. The van der Waals surface area contributed by atoms with Crippen LogP contribution in [-0.4, -0.2) is 43.6 Å². The lowest BCUT2D eigenvalue weighted by Crippen LogP contribution is -2.38. The Labute approximate surface area is 183 Å². The maximum atomic E-state index is 5.88. The average molecular weight is 460 g/mol. The van der Waals surface area contributed by atoms with Crippen LogP contribution in [0.2, 0.25) is 0 Å². The van der Waals surface area contributed by atoms with E-state index in [0.29, 0.717) is 11.7 Å². The summed E-state index contributed by atoms with van der Waals surface area (Å²) in [5.41, 5.74) is 0.906. The van der Waals surface area contributed by atoms with Crippen molar-refractivity contribution in [1.82, 2.24) is 4.90 Å². The minimum Gasteiger partial charge on any atom is -0.493 e. The van der Waals surface area contributed by atoms with Crippen LogP contribution < -0.4 is 10.1 Å². The number of benzene rings is 1. The van der Waals surface area contributed by atoms with Gasteiger partial charge in [-0.15, -0.1) is 6.42 Å². The topological polar surface area (TPSA) is 46.1 Å². The van der Waals surface area contributed by atoms with E-state index in [-0.39, 0.29) is 6.61 Å². The van der Waals surface area contributed by atoms with Gasteiger partial charge in [-0.2, -0.15) is 4.99 Å². The van der Waals surface area contributed by atoms with Crippen molar-refractivity contribution in [3.63, 3.8) is 0 Å². The number of amidine groups is 1. The number of anilines is 1. The quantitative estimate of drug-likeness (QED) is 0.124. The van der Waals surface area contributed by atoms with E-state index in [1.54, 1.807) is 0 Å². The lowest BCUT2D eigenvalue weighted by molar-refractivity contribution is 0.165. The van der Waals surface area contributed by atoms with Gasteiger partial charge in [0.25, 0.3) is 0 Å². The molecule has 1 N–H and O–H groups in total. The smallest absolute Gasteiger partial charge is 0.230 e. The van der Waals surface area contributed by atoms with Gasteiger partial charge in [-0.1, -0.05) is 25.0 Å². The van der Waals surface area contributed by atoms with E-state index in [1.165, 1.54) is 19.5 Å². The molecule has 0 radical (unpaired) electrons. The van der Waals surface area contributed by atoms with E-state index in [9.17, 15) is 0 Å². The molecule has 6 heteroatoms. The molecule has 0 aliphatic carbocycles. The van der Waals surface area contributed by atoms with E-state index in [2.05, 4.69) is 44.0 Å². The fourth-order valence-corrected chi connectivity index (χ4v) is 3.08. The van der Waals surface area contributed by atoms with Crippen LogP contribution in [0.1, 0.15) is 33.1 Å². The molecule has 0 aromatic heterocycles. The van der Waals surface area contributed by atoms with Crippen molar-refractivity contribution in [3.05, 3.63) is 46.8 Å². The number of allylic oxidation sites excluding steroid dienone is 3. The highest BCUT2D eigenvalue weighted by Crippen LogP contribution is 2.20. The molecule has 1 saturated heterocycles. The van der Waals surface area contributed by atoms with Gasteiger partial charge in [-0.05, 0) is 73.4 Å². The normalized spacial score (nSPS) is 15.4. The molecule has 1 aliphatic rings. The molecule has 1 aromatic rings. The number of nitrogens with one attached hydrogen (secondary N) is 1. The molecular weight excluding hydrogens is 430 g/mol. The molecule has 29 heavy (non-hydrogen) atoms. The highest BCUT2D eigenvalue weighted by molar-refractivity contribution is 9.11. The number of nitrogens with zero attached hydrogens (tertiary/aromatic N) is 2. The first-order valence-electron chi connectivity index (χ1n) is 10.0. The predicted octanol–water partition coefficient (Wildman–Crippen LogP) is 5.17. The van der Waals surface area contributed by atoms with Crippen LogP contribution in [0.3, 0.4) is 0 Å². The zero-order valence-electron chi connectivity index (χ0n) is 17.3. The summed E-state index contributed by atoms with van der Waals surface area (Å²) in [5.74, 6) is 4.44. The van der Waals surface area contributed by atoms with Gasteiger partial charge >= 0.3 is 0 Å². The van der Waals surface area contributed by atoms with Crippen LogP contribution in [-0.2, 0) is 4.74 Å². The number of ether oxygens (including phenoxy) is 2. The molecule has 2 rings (SSSR count). The van der Waals surface area contributed by atoms with Crippen molar-refractivity contribution < 1.29 is 9.47 Å². The lowest BCUT2D eigenvalue weighted by Gasteiger charge is -2.30. The molecule has 0 bridgehead atoms. The number of halogens is 1. The Hall–Kier alpha value is -2.23. The summed E-state index contributed by atoms with van der Waals surface area (Å²) < 4.78 is 12.2. The summed E-state index contributed by atoms with van der Waals surface area (Å²) >= 11 is 3.50. The van der Waals surface area contributed by atoms with Gasteiger partial charge in [0, 0.05) is 18.3 Å². The fourth-order valence-electron chi connectivity index (χ4n) is 2.69. The Morgan fingerprint density at radius 3 is 2.93 bits per heavy atom. The number of aliphatic imine (C=N–C) groups is 1. The van der Waals surface area contributed by atoms with Gasteiger partial charge in [0.15, 0.2) is 6.61 Å². The summed E-state index contributed by atoms with van der Waals surface area (Å²) in [5, 5.41) is 3.28. The Balaban J connectivity index is 1.95. The van der Waals surface area contributed by atoms with Gasteiger partial charge in [0.05, 0.1) is 11.1 Å². The van der Waals surface area contributed by atoms with Crippen molar-refractivity contribution in [3.8, 4) is 18.1 Å². The van der Waals surface area contributed by atoms with Crippen LogP contribution in [0.4, 0.5) is 5.69 Å². The first-order chi connectivity index (χ1) is 14.1. The summed E-state index contributed by atoms with van der Waals surface area (Å²) in [6.07, 6.45) is 12.5. The second-order valence-corrected chi connectivity index (χ2v) is 7.56. The maximum Gasteiger partial charge on any atom is 0.230 e. The largest absolute Gasteiger partial charge is 0.493 e. The van der Waals surface area contributed by atoms with Crippen LogP contribution >= 0.6 is 15.9 Å². The SMILES string of the molecule is C#CCOC(/N=C(\C)Nc1cccc(OCCCN2CCC2)c1)=C(Br)/C=C/CC. The molecule has 5 nitrogen and oxygen atoms in total. The monoisotopic (exact) mass is 459 g/mol. The van der Waals surface area contributed by atoms with Gasteiger partial charge in [0.2, 0.25) is 5.88 Å². The average Bonchev–Trinajstić information content (AvgIpc) is 2.68. The summed E-state index contributed by atoms with van der Waals surface area (Å²) in [6.45, 7) is 8.38. The van der Waals surface area contributed by atoms with E-state index in [0.717, 1.165) is 41.9 Å². The Morgan fingerprint density at radius 2 is 2.24 bits per heavy atom. The van der Waals surface area contributed by atoms with Crippen molar-refractivity contribution in [2.75, 3.05) is 38.2 Å². The molecule has 0 unspecified atom stereocenters. The van der Waals surface area contributed by atoms with Crippen molar-refractivity contribution >= 4 is 27.5 Å². The molecular formula is C23H30BrN3O2. The number of hydrogen-bond donors (Lipinski definition) is 1. The van der Waals surface area contributed by atoms with Gasteiger partial charge in [-0.3, -0.25) is 0 Å². The second-order valence-electron chi connectivity index (χ2n) is 6.70. The molecule has 0 spiro atoms. The first-order valence-corrected chi connectivity index (χ1v) is 10.8. The van der Waals surface area contributed by atoms with Crippen LogP contribution in [0.5, 0.6) is 5.75 Å². The maximum absolute atomic E-state index is 5.88. The summed E-state index contributed by atoms with van der Waals surface area (Å²) in [6, 6.07) is 7.88. The predicted molar refractivity (Wildman–Crippen MR) is 125 cm³/mol. The zero-order chi connectivity index (χ0) is 20.9. The third-order valence-electron chi connectivity index (χ3n) is 4.26. The summed E-state index contributed by atoms with van der Waals surface area (Å²) in [4.78, 5) is 6.97. The van der Waals surface area contributed by atoms with Gasteiger partial charge in [0.1, 0.15) is 11.6 Å². The van der Waals surface area contributed by atoms with Crippen LogP contribution in [0, 0.1) is 12.3 Å². The van der Waals surface area contributed by atoms with Crippen molar-refractivity contribution in [2.45, 2.75) is 33.1 Å². The van der Waals surface area contributed by atoms with Crippen LogP contribution in [0.15, 0.2) is 51.8 Å². The van der Waals surface area contributed by atoms with Gasteiger partial charge in [-0.25, -0.2) is 0 Å². The molecule has 1 aromatic carbocycles. The van der Waals surface area contributed by atoms with Crippen molar-refractivity contribution in [1.29, 1.82) is 0 Å². The highest BCUT2D eigenvalue weighted by atomic mass is 79.9. The fraction of sp³-hybridized carbons (Fsp3) is 0.435. The molecule has 0 amide bonds. The third-order valence-corrected chi connectivity index (χ3v) is 4.86. The summed E-state index contributed by atoms with van der Waals surface area (Å²) in [7, 11) is 0. The number of likely N-dealkylation sites (tertiary alicyclic amines) is 1. The van der Waals surface area contributed by atoms with Gasteiger partial charge < -0.3 is 19.7 Å². The molecule has 156 valence electrons.